The van der Waals surface area contributed by atoms with E-state index in [0.29, 0.717) is 13.2 Å². The van der Waals surface area contributed by atoms with Gasteiger partial charge in [0.1, 0.15) is 12.4 Å². The van der Waals surface area contributed by atoms with E-state index in [-0.39, 0.29) is 30.3 Å². The third-order valence-corrected chi connectivity index (χ3v) is 4.24. The monoisotopic (exact) mass is 376 g/mol. The summed E-state index contributed by atoms with van der Waals surface area (Å²) in [6, 6.07) is 7.87. The molecule has 1 aromatic rings. The zero-order chi connectivity index (χ0) is 14.5. The predicted octanol–water partition coefficient (Wildman–Crippen LogP) is 2.84. The Labute approximate surface area is 140 Å². The second kappa shape index (κ2) is 8.61. The van der Waals surface area contributed by atoms with Crippen LogP contribution in [0.15, 0.2) is 28.7 Å². The second-order valence-corrected chi connectivity index (χ2v) is 6.25. The zero-order valence-electron chi connectivity index (χ0n) is 12.1. The standard InChI is InChI=1S/C15H21BrN2O2.ClH/c1-18(15(19)11-2-5-13(17)10-11)8-9-20-14-6-3-12(16)4-7-14;/h3-4,6-7,11,13H,2,5,8-10,17H2,1H3;1H. The summed E-state index contributed by atoms with van der Waals surface area (Å²) in [6.07, 6.45) is 2.69. The molecule has 2 rings (SSSR count). The van der Waals surface area contributed by atoms with Crippen LogP contribution in [0.4, 0.5) is 0 Å². The van der Waals surface area contributed by atoms with Crippen LogP contribution < -0.4 is 10.5 Å². The molecule has 1 fully saturated rings. The first kappa shape index (κ1) is 18.3. The minimum absolute atomic E-state index is 0. The number of nitrogens with two attached hydrogens (primary N) is 1. The second-order valence-electron chi connectivity index (χ2n) is 5.33. The SMILES string of the molecule is CN(CCOc1ccc(Br)cc1)C(=O)C1CCC(N)C1.Cl. The molecule has 1 aromatic carbocycles. The van der Waals surface area contributed by atoms with Crippen molar-refractivity contribution in [3.05, 3.63) is 28.7 Å². The van der Waals surface area contributed by atoms with Gasteiger partial charge in [-0.3, -0.25) is 4.79 Å². The summed E-state index contributed by atoms with van der Waals surface area (Å²) < 4.78 is 6.65. The average molecular weight is 378 g/mol. The summed E-state index contributed by atoms with van der Waals surface area (Å²) >= 11 is 3.38. The minimum Gasteiger partial charge on any atom is -0.492 e. The normalized spacial score (nSPS) is 20.7. The Bertz CT molecular complexity index is 455. The molecular formula is C15H22BrClN2O2. The fraction of sp³-hybridized carbons (Fsp3) is 0.533. The lowest BCUT2D eigenvalue weighted by atomic mass is 10.1. The Morgan fingerprint density at radius 3 is 2.62 bits per heavy atom. The van der Waals surface area contributed by atoms with Crippen LogP contribution in [0.2, 0.25) is 0 Å². The lowest BCUT2D eigenvalue weighted by Crippen LogP contribution is -2.35. The van der Waals surface area contributed by atoms with Crippen LogP contribution in [-0.2, 0) is 4.79 Å². The van der Waals surface area contributed by atoms with E-state index < -0.39 is 0 Å². The molecule has 1 aliphatic carbocycles. The van der Waals surface area contributed by atoms with Gasteiger partial charge >= 0.3 is 0 Å². The summed E-state index contributed by atoms with van der Waals surface area (Å²) in [6.45, 7) is 1.10. The van der Waals surface area contributed by atoms with Crippen molar-refractivity contribution >= 4 is 34.2 Å². The maximum absolute atomic E-state index is 12.2. The van der Waals surface area contributed by atoms with Gasteiger partial charge in [0.15, 0.2) is 0 Å². The molecule has 0 heterocycles. The van der Waals surface area contributed by atoms with Crippen LogP contribution in [0.25, 0.3) is 0 Å². The summed E-state index contributed by atoms with van der Waals surface area (Å²) in [5.41, 5.74) is 5.85. The van der Waals surface area contributed by atoms with Crippen molar-refractivity contribution in [3.63, 3.8) is 0 Å². The number of hydrogen-bond donors (Lipinski definition) is 1. The van der Waals surface area contributed by atoms with Gasteiger partial charge in [0.05, 0.1) is 6.54 Å². The van der Waals surface area contributed by atoms with Crippen LogP contribution in [0.5, 0.6) is 5.75 Å². The Morgan fingerprint density at radius 1 is 1.38 bits per heavy atom. The molecule has 118 valence electrons. The molecule has 2 unspecified atom stereocenters. The highest BCUT2D eigenvalue weighted by Crippen LogP contribution is 2.25. The third kappa shape index (κ3) is 5.49. The van der Waals surface area contributed by atoms with Crippen LogP contribution >= 0.6 is 28.3 Å². The molecule has 1 aliphatic rings. The van der Waals surface area contributed by atoms with E-state index in [1.807, 2.05) is 31.3 Å². The van der Waals surface area contributed by atoms with Gasteiger partial charge in [-0.25, -0.2) is 0 Å². The van der Waals surface area contributed by atoms with Crippen molar-refractivity contribution in [2.24, 2.45) is 11.7 Å². The van der Waals surface area contributed by atoms with Gasteiger partial charge < -0.3 is 15.4 Å². The number of rotatable bonds is 5. The Balaban J connectivity index is 0.00000220. The number of carbonyl (C=O) groups is 1. The van der Waals surface area contributed by atoms with Gasteiger partial charge in [0.2, 0.25) is 5.91 Å². The summed E-state index contributed by atoms with van der Waals surface area (Å²) in [4.78, 5) is 13.9. The van der Waals surface area contributed by atoms with Crippen molar-refractivity contribution in [3.8, 4) is 5.75 Å². The maximum Gasteiger partial charge on any atom is 0.225 e. The average Bonchev–Trinajstić information content (AvgIpc) is 2.86. The number of ether oxygens (including phenoxy) is 1. The van der Waals surface area contributed by atoms with Gasteiger partial charge in [0, 0.05) is 23.5 Å². The molecule has 21 heavy (non-hydrogen) atoms. The first-order valence-electron chi connectivity index (χ1n) is 6.95. The predicted molar refractivity (Wildman–Crippen MR) is 89.8 cm³/mol. The quantitative estimate of drug-likeness (QED) is 0.858. The Kier molecular flexibility index (Phi) is 7.49. The van der Waals surface area contributed by atoms with E-state index in [4.69, 9.17) is 10.5 Å². The molecule has 0 aromatic heterocycles. The fourth-order valence-electron chi connectivity index (χ4n) is 2.49. The number of halogens is 2. The number of nitrogens with zero attached hydrogens (tertiary/aromatic N) is 1. The topological polar surface area (TPSA) is 55.6 Å². The number of likely N-dealkylation sites (N-methyl/N-ethyl adjacent to an activating group) is 1. The third-order valence-electron chi connectivity index (χ3n) is 3.71. The number of benzene rings is 1. The number of amides is 1. The van der Waals surface area contributed by atoms with E-state index in [0.717, 1.165) is 29.5 Å². The molecule has 6 heteroatoms. The minimum atomic E-state index is 0. The van der Waals surface area contributed by atoms with E-state index in [2.05, 4.69) is 15.9 Å². The van der Waals surface area contributed by atoms with Gasteiger partial charge in [-0.05, 0) is 43.5 Å². The molecule has 1 amide bonds. The Hall–Kier alpha value is -0.780. The molecular weight excluding hydrogens is 356 g/mol. The van der Waals surface area contributed by atoms with Gasteiger partial charge in [-0.2, -0.15) is 0 Å². The summed E-state index contributed by atoms with van der Waals surface area (Å²) in [7, 11) is 1.83. The maximum atomic E-state index is 12.2. The van der Waals surface area contributed by atoms with Gasteiger partial charge in [-0.1, -0.05) is 15.9 Å². The van der Waals surface area contributed by atoms with Crippen molar-refractivity contribution in [2.75, 3.05) is 20.2 Å². The first-order chi connectivity index (χ1) is 9.56. The van der Waals surface area contributed by atoms with E-state index >= 15 is 0 Å². The molecule has 1 saturated carbocycles. The number of carbonyl (C=O) groups excluding carboxylic acids is 1. The lowest BCUT2D eigenvalue weighted by Gasteiger charge is -2.21. The zero-order valence-corrected chi connectivity index (χ0v) is 14.5. The van der Waals surface area contributed by atoms with Crippen molar-refractivity contribution in [1.82, 2.24) is 4.90 Å². The first-order valence-corrected chi connectivity index (χ1v) is 7.74. The highest BCUT2D eigenvalue weighted by molar-refractivity contribution is 9.10. The van der Waals surface area contributed by atoms with Crippen LogP contribution in [0.3, 0.4) is 0 Å². The molecule has 0 bridgehead atoms. The van der Waals surface area contributed by atoms with Gasteiger partial charge in [-0.15, -0.1) is 12.4 Å². The molecule has 2 atom stereocenters. The highest BCUT2D eigenvalue weighted by atomic mass is 79.9. The number of hydrogen-bond acceptors (Lipinski definition) is 3. The molecule has 0 radical (unpaired) electrons. The van der Waals surface area contributed by atoms with E-state index in [9.17, 15) is 4.79 Å². The molecule has 2 N–H and O–H groups in total. The highest BCUT2D eigenvalue weighted by Gasteiger charge is 2.29. The molecule has 0 spiro atoms. The molecule has 0 saturated heterocycles. The van der Waals surface area contributed by atoms with Crippen molar-refractivity contribution in [1.29, 1.82) is 0 Å². The largest absolute Gasteiger partial charge is 0.492 e. The van der Waals surface area contributed by atoms with Crippen LogP contribution in [-0.4, -0.2) is 37.0 Å². The van der Waals surface area contributed by atoms with Crippen LogP contribution in [0.1, 0.15) is 19.3 Å². The fourth-order valence-corrected chi connectivity index (χ4v) is 2.76. The molecule has 0 aliphatic heterocycles. The van der Waals surface area contributed by atoms with E-state index in [1.165, 1.54) is 0 Å². The van der Waals surface area contributed by atoms with Crippen LogP contribution in [0, 0.1) is 5.92 Å². The van der Waals surface area contributed by atoms with E-state index in [1.54, 1.807) is 4.90 Å². The molecule has 4 nitrogen and oxygen atoms in total. The summed E-state index contributed by atoms with van der Waals surface area (Å²) in [5, 5.41) is 0. The van der Waals surface area contributed by atoms with Crippen molar-refractivity contribution in [2.45, 2.75) is 25.3 Å². The summed E-state index contributed by atoms with van der Waals surface area (Å²) in [5.74, 6) is 1.11. The lowest BCUT2D eigenvalue weighted by molar-refractivity contribution is -0.134. The van der Waals surface area contributed by atoms with Gasteiger partial charge in [0.25, 0.3) is 0 Å². The Morgan fingerprint density at radius 2 is 2.05 bits per heavy atom. The smallest absolute Gasteiger partial charge is 0.225 e. The van der Waals surface area contributed by atoms with Crippen molar-refractivity contribution < 1.29 is 9.53 Å².